The third kappa shape index (κ3) is 17.4. The maximum absolute atomic E-state index is 13.2. The lowest BCUT2D eigenvalue weighted by Crippen LogP contribution is -2.46. The molecule has 2 aliphatic rings. The number of unbranched alkanes of at least 4 members (excludes halogenated alkanes) is 4. The Morgan fingerprint density at radius 2 is 1.47 bits per heavy atom. The summed E-state index contributed by atoms with van der Waals surface area (Å²) in [4.78, 5) is 20.0. The van der Waals surface area contributed by atoms with Crippen LogP contribution in [-0.2, 0) is 16.0 Å². The third-order valence-corrected chi connectivity index (χ3v) is 10.2. The number of nitrogens with zero attached hydrogens (tertiary/aromatic N) is 3. The Balaban J connectivity index is 1.06. The number of aryl methyl sites for hydroxylation is 2. The van der Waals surface area contributed by atoms with Crippen molar-refractivity contribution < 1.29 is 14.3 Å². The van der Waals surface area contributed by atoms with Gasteiger partial charge in [-0.05, 0) is 120 Å². The highest BCUT2D eigenvalue weighted by molar-refractivity contribution is 5.95. The normalized spacial score (nSPS) is 15.6. The van der Waals surface area contributed by atoms with E-state index in [0.717, 1.165) is 140 Å². The molecular weight excluding hydrogens is 679 g/mol. The lowest BCUT2D eigenvalue weighted by atomic mass is 10.1. The number of carbonyl (C=O) groups is 1. The fraction of sp³-hybridized carbons (Fsp3) is 0.490. The molecular formula is C49H69N3O3. The number of benzene rings is 2. The highest BCUT2D eigenvalue weighted by Gasteiger charge is 2.24. The van der Waals surface area contributed by atoms with Crippen LogP contribution in [0.25, 0.3) is 0 Å². The zero-order valence-electron chi connectivity index (χ0n) is 34.1. The topological polar surface area (TPSA) is 45.2 Å². The summed E-state index contributed by atoms with van der Waals surface area (Å²) in [5.74, 6) is 1.66. The smallest absolute Gasteiger partial charge is 0.229 e. The number of fused-ring (bicyclic) bond motifs is 1. The number of rotatable bonds is 25. The van der Waals surface area contributed by atoms with Gasteiger partial charge in [0.2, 0.25) is 5.91 Å². The summed E-state index contributed by atoms with van der Waals surface area (Å²) >= 11 is 0. The Hall–Kier alpha value is -4.29. The summed E-state index contributed by atoms with van der Waals surface area (Å²) in [7, 11) is 0. The fourth-order valence-corrected chi connectivity index (χ4v) is 6.98. The van der Waals surface area contributed by atoms with Crippen LogP contribution >= 0.6 is 0 Å². The monoisotopic (exact) mass is 748 g/mol. The summed E-state index contributed by atoms with van der Waals surface area (Å²) in [5.41, 5.74) is 4.74. The van der Waals surface area contributed by atoms with E-state index in [1.807, 2.05) is 6.07 Å². The molecule has 55 heavy (non-hydrogen) atoms. The van der Waals surface area contributed by atoms with E-state index in [-0.39, 0.29) is 12.6 Å². The summed E-state index contributed by atoms with van der Waals surface area (Å²) in [6.45, 7) is 14.8. The Morgan fingerprint density at radius 3 is 2.18 bits per heavy atom. The van der Waals surface area contributed by atoms with E-state index < -0.39 is 0 Å². The summed E-state index contributed by atoms with van der Waals surface area (Å²) in [6, 6.07) is 15.0. The van der Waals surface area contributed by atoms with Crippen LogP contribution in [0.1, 0.15) is 108 Å². The zero-order valence-corrected chi connectivity index (χ0v) is 34.1. The van der Waals surface area contributed by atoms with Crippen LogP contribution in [0.4, 0.5) is 11.4 Å². The van der Waals surface area contributed by atoms with Crippen molar-refractivity contribution in [1.82, 2.24) is 4.90 Å². The number of carbonyl (C=O) groups excluding carboxylic acids is 1. The molecule has 0 bridgehead atoms. The minimum atomic E-state index is 0.100. The maximum Gasteiger partial charge on any atom is 0.229 e. The van der Waals surface area contributed by atoms with E-state index in [0.29, 0.717) is 13.0 Å². The Bertz CT molecular complexity index is 1560. The molecule has 1 fully saturated rings. The molecule has 2 aromatic rings. The van der Waals surface area contributed by atoms with E-state index in [2.05, 4.69) is 127 Å². The molecule has 2 aromatic carbocycles. The quantitative estimate of drug-likeness (QED) is 0.0575. The van der Waals surface area contributed by atoms with E-state index in [4.69, 9.17) is 9.47 Å². The maximum atomic E-state index is 13.2. The number of anilines is 2. The molecule has 0 aromatic heterocycles. The van der Waals surface area contributed by atoms with Crippen LogP contribution in [0.5, 0.6) is 5.75 Å². The molecule has 2 heterocycles. The summed E-state index contributed by atoms with van der Waals surface area (Å²) in [6.07, 6.45) is 37.1. The van der Waals surface area contributed by atoms with Crippen LogP contribution in [-0.4, -0.2) is 56.9 Å². The Kier molecular flexibility index (Phi) is 20.9. The van der Waals surface area contributed by atoms with Crippen molar-refractivity contribution in [2.45, 2.75) is 110 Å². The lowest BCUT2D eigenvalue weighted by molar-refractivity contribution is -0.119. The highest BCUT2D eigenvalue weighted by Crippen LogP contribution is 2.31. The number of hydrogen-bond donors (Lipinski definition) is 0. The Morgan fingerprint density at radius 1 is 0.764 bits per heavy atom. The van der Waals surface area contributed by atoms with Crippen LogP contribution in [0.15, 0.2) is 116 Å². The first-order chi connectivity index (χ1) is 27.0. The largest absolute Gasteiger partial charge is 0.494 e. The standard InChI is InChI=1S/C49H69N3O3/c1-4-5-6-7-8-9-10-11-12-13-14-15-16-17-18-19-20-21-22-28-44(3)55-42-52-48-41-47(33-32-45(48)29-26-31-49(52)53)54-39-24-23-34-50-35-37-51(38-36-50)46-30-25-27-43(2)40-46/h5-6,8-9,11-12,14-15,17-18,25,27,30,32-33,40-41H,3-4,7,10,13,16,19-24,26,28-29,31,34-39,42H2,1-2H3/b6-5-,9-8-,12-11-,15-14-,18-17-. The predicted molar refractivity (Wildman–Crippen MR) is 234 cm³/mol. The molecule has 0 spiro atoms. The molecule has 6 heteroatoms. The average Bonchev–Trinajstić information content (AvgIpc) is 3.35. The SMILES string of the molecule is C=C(CCCCC/C=C\C/C=C\C/C=C\C/C=C\C/C=C\CC)OCN1C(=O)CCCc2ccc(OCCCCN3CCN(c4cccc(C)c4)CC3)cc21. The molecule has 2 aliphatic heterocycles. The number of ether oxygens (including phenoxy) is 2. The second-order valence-electron chi connectivity index (χ2n) is 14.8. The van der Waals surface area contributed by atoms with Gasteiger partial charge in [0.05, 0.1) is 18.1 Å². The van der Waals surface area contributed by atoms with Gasteiger partial charge in [-0.15, -0.1) is 0 Å². The molecule has 6 nitrogen and oxygen atoms in total. The molecule has 1 amide bonds. The number of hydrogen-bond acceptors (Lipinski definition) is 5. The molecule has 1 saturated heterocycles. The molecule has 0 radical (unpaired) electrons. The molecule has 0 unspecified atom stereocenters. The fourth-order valence-electron chi connectivity index (χ4n) is 6.98. The van der Waals surface area contributed by atoms with Gasteiger partial charge in [0, 0.05) is 50.8 Å². The van der Waals surface area contributed by atoms with Gasteiger partial charge in [-0.25, -0.2) is 0 Å². The zero-order chi connectivity index (χ0) is 38.8. The van der Waals surface area contributed by atoms with Crippen molar-refractivity contribution in [2.24, 2.45) is 0 Å². The lowest BCUT2D eigenvalue weighted by Gasteiger charge is -2.36. The molecule has 0 N–H and O–H groups in total. The van der Waals surface area contributed by atoms with Crippen LogP contribution in [0.3, 0.4) is 0 Å². The average molecular weight is 748 g/mol. The van der Waals surface area contributed by atoms with Gasteiger partial charge in [-0.2, -0.15) is 0 Å². The molecule has 0 saturated carbocycles. The van der Waals surface area contributed by atoms with Crippen LogP contribution in [0, 0.1) is 6.92 Å². The number of piperazine rings is 1. The van der Waals surface area contributed by atoms with Crippen molar-refractivity contribution >= 4 is 17.3 Å². The summed E-state index contributed by atoms with van der Waals surface area (Å²) < 4.78 is 12.3. The van der Waals surface area contributed by atoms with Crippen molar-refractivity contribution in [2.75, 3.05) is 55.9 Å². The number of amides is 1. The van der Waals surface area contributed by atoms with Gasteiger partial charge >= 0.3 is 0 Å². The predicted octanol–water partition coefficient (Wildman–Crippen LogP) is 11.8. The minimum Gasteiger partial charge on any atom is -0.494 e. The molecule has 4 rings (SSSR count). The highest BCUT2D eigenvalue weighted by atomic mass is 16.5. The van der Waals surface area contributed by atoms with E-state index in [1.165, 1.54) is 16.8 Å². The number of allylic oxidation sites excluding steroid dienone is 11. The van der Waals surface area contributed by atoms with Gasteiger partial charge in [-0.1, -0.05) is 98.9 Å². The van der Waals surface area contributed by atoms with Crippen LogP contribution in [0.2, 0.25) is 0 Å². The van der Waals surface area contributed by atoms with Gasteiger partial charge < -0.3 is 14.4 Å². The second kappa shape index (κ2) is 26.5. The molecule has 0 atom stereocenters. The van der Waals surface area contributed by atoms with Gasteiger partial charge in [0.1, 0.15) is 5.75 Å². The molecule has 0 aliphatic carbocycles. The van der Waals surface area contributed by atoms with Gasteiger partial charge in [-0.3, -0.25) is 14.6 Å². The van der Waals surface area contributed by atoms with Crippen molar-refractivity contribution in [3.05, 3.63) is 127 Å². The molecule has 298 valence electrons. The minimum absolute atomic E-state index is 0.100. The summed E-state index contributed by atoms with van der Waals surface area (Å²) in [5, 5.41) is 0. The van der Waals surface area contributed by atoms with Crippen molar-refractivity contribution in [1.29, 1.82) is 0 Å². The first kappa shape index (κ1) is 43.4. The second-order valence-corrected chi connectivity index (χ2v) is 14.8. The van der Waals surface area contributed by atoms with Gasteiger partial charge in [0.15, 0.2) is 6.73 Å². The van der Waals surface area contributed by atoms with E-state index in [1.54, 1.807) is 4.90 Å². The third-order valence-electron chi connectivity index (χ3n) is 10.2. The van der Waals surface area contributed by atoms with Crippen LogP contribution < -0.4 is 14.5 Å². The van der Waals surface area contributed by atoms with Gasteiger partial charge in [0.25, 0.3) is 0 Å². The van der Waals surface area contributed by atoms with Crippen molar-refractivity contribution in [3.63, 3.8) is 0 Å². The van der Waals surface area contributed by atoms with E-state index >= 15 is 0 Å². The van der Waals surface area contributed by atoms with Crippen molar-refractivity contribution in [3.8, 4) is 5.75 Å². The first-order valence-corrected chi connectivity index (χ1v) is 21.2. The Labute approximate surface area is 334 Å². The van der Waals surface area contributed by atoms with E-state index in [9.17, 15) is 4.79 Å². The first-order valence-electron chi connectivity index (χ1n) is 21.2.